The Bertz CT molecular complexity index is 949. The van der Waals surface area contributed by atoms with Gasteiger partial charge < -0.3 is 5.11 Å². The molecule has 6 heteroatoms. The van der Waals surface area contributed by atoms with Crippen molar-refractivity contribution < 1.29 is 22.1 Å². The summed E-state index contributed by atoms with van der Waals surface area (Å²) in [5, 5.41) is 12.5. The monoisotopic (exact) mass is 465 g/mol. The van der Waals surface area contributed by atoms with Crippen LogP contribution in [0.3, 0.4) is 0 Å². The Balaban J connectivity index is 0.000000878. The predicted octanol–water partition coefficient (Wildman–Crippen LogP) is 5.48. The quantitative estimate of drug-likeness (QED) is 0.308. The molecule has 0 amide bonds. The summed E-state index contributed by atoms with van der Waals surface area (Å²) in [7, 11) is 12.0. The molecule has 0 fully saturated rings. The van der Waals surface area contributed by atoms with Crippen LogP contribution < -0.4 is 10.6 Å². The van der Waals surface area contributed by atoms with Gasteiger partial charge in [0.25, 0.3) is 0 Å². The van der Waals surface area contributed by atoms with Crippen LogP contribution in [0.25, 0.3) is 0 Å². The molecule has 3 rings (SSSR count). The van der Waals surface area contributed by atoms with Gasteiger partial charge in [0.15, 0.2) is 0 Å². The average molecular weight is 466 g/mol. The summed E-state index contributed by atoms with van der Waals surface area (Å²) < 4.78 is 0. The normalized spacial score (nSPS) is 11.2. The fourth-order valence-electron chi connectivity index (χ4n) is 2.92. The maximum absolute atomic E-state index is 10.3. The summed E-state index contributed by atoms with van der Waals surface area (Å²) in [6.45, 7) is 4.17. The first kappa shape index (κ1) is 23.1. The number of hydrogen-bond donors (Lipinski definition) is 1. The van der Waals surface area contributed by atoms with E-state index < -0.39 is 17.0 Å². The van der Waals surface area contributed by atoms with Crippen molar-refractivity contribution in [3.63, 3.8) is 0 Å². The van der Waals surface area contributed by atoms with E-state index >= 15 is 0 Å². The minimum absolute atomic E-state index is 0.354. The molecule has 0 spiro atoms. The van der Waals surface area contributed by atoms with E-state index in [4.69, 9.17) is 18.6 Å². The third-order valence-corrected chi connectivity index (χ3v) is 5.79. The van der Waals surface area contributed by atoms with E-state index in [1.165, 1.54) is 10.9 Å². The van der Waals surface area contributed by atoms with Gasteiger partial charge in [-0.1, -0.05) is 68.7 Å². The van der Waals surface area contributed by atoms with Crippen LogP contribution in [0.1, 0.15) is 22.3 Å². The van der Waals surface area contributed by atoms with Crippen molar-refractivity contribution in [2.75, 3.05) is 7.05 Å². The van der Waals surface area contributed by atoms with E-state index in [1.807, 2.05) is 31.3 Å². The molecule has 28 heavy (non-hydrogen) atoms. The van der Waals surface area contributed by atoms with E-state index in [-0.39, 0.29) is 0 Å². The molecule has 2 nitrogen and oxygen atoms in total. The van der Waals surface area contributed by atoms with Crippen molar-refractivity contribution in [2.24, 2.45) is 4.99 Å². The third-order valence-electron chi connectivity index (χ3n) is 4.21. The van der Waals surface area contributed by atoms with Crippen LogP contribution in [0.2, 0.25) is 0 Å². The van der Waals surface area contributed by atoms with Gasteiger partial charge in [0.05, 0.1) is 5.71 Å². The van der Waals surface area contributed by atoms with Gasteiger partial charge >= 0.3 is 35.6 Å². The molecule has 1 N–H and O–H groups in total. The number of phenolic OH excluding ortho intramolecular Hbond substituents is 1. The molecule has 0 saturated heterocycles. The number of benzene rings is 3. The van der Waals surface area contributed by atoms with Gasteiger partial charge in [0.1, 0.15) is 5.75 Å². The first-order valence-corrected chi connectivity index (χ1v) is 14.0. The van der Waals surface area contributed by atoms with Crippen molar-refractivity contribution in [2.45, 2.75) is 13.8 Å². The molecular formula is C22H22Cl2NOPTi. The zero-order valence-corrected chi connectivity index (χ0v) is 20.1. The van der Waals surface area contributed by atoms with Crippen LogP contribution in [0, 0.1) is 13.8 Å². The zero-order chi connectivity index (χ0) is 20.5. The van der Waals surface area contributed by atoms with Crippen LogP contribution in [0.5, 0.6) is 5.75 Å². The van der Waals surface area contributed by atoms with E-state index in [2.05, 4.69) is 55.2 Å². The molecular weight excluding hydrogens is 444 g/mol. The summed E-state index contributed by atoms with van der Waals surface area (Å²) >= 11 is -0.556. The number of aryl methyl sites for hydroxylation is 2. The second-order valence-electron chi connectivity index (χ2n) is 6.15. The Labute approximate surface area is 185 Å². The number of hydrogen-bond acceptors (Lipinski definition) is 2. The minimum atomic E-state index is -0.556. The van der Waals surface area contributed by atoms with E-state index in [0.717, 1.165) is 27.7 Å². The van der Waals surface area contributed by atoms with Gasteiger partial charge in [0.2, 0.25) is 0 Å². The number of phenols is 1. The Morgan fingerprint density at radius 3 is 2.29 bits per heavy atom. The third kappa shape index (κ3) is 6.18. The first-order valence-electron chi connectivity index (χ1n) is 8.67. The summed E-state index contributed by atoms with van der Waals surface area (Å²) in [4.78, 5) is 4.57. The predicted molar refractivity (Wildman–Crippen MR) is 121 cm³/mol. The SMILES string of the molecule is CN=C(c1ccccc1)c1cccc(C)c1Pc1cc(C)ccc1O.[Cl][Ti][Cl]. The van der Waals surface area contributed by atoms with Crippen LogP contribution in [-0.4, -0.2) is 17.9 Å². The molecule has 1 atom stereocenters. The van der Waals surface area contributed by atoms with Crippen LogP contribution in [0.15, 0.2) is 71.7 Å². The molecule has 0 saturated carbocycles. The number of aromatic hydroxyl groups is 1. The second-order valence-corrected chi connectivity index (χ2v) is 10.0. The van der Waals surface area contributed by atoms with Gasteiger partial charge in [-0.2, -0.15) is 0 Å². The molecule has 0 aliphatic rings. The summed E-state index contributed by atoms with van der Waals surface area (Å²) in [6.07, 6.45) is 0. The van der Waals surface area contributed by atoms with Crippen molar-refractivity contribution >= 4 is 43.5 Å². The number of rotatable bonds is 4. The first-order chi connectivity index (χ1) is 13.5. The number of nitrogens with zero attached hydrogens (tertiary/aromatic N) is 1. The van der Waals surface area contributed by atoms with Crippen molar-refractivity contribution in [1.82, 2.24) is 0 Å². The van der Waals surface area contributed by atoms with Crippen LogP contribution >= 0.6 is 27.2 Å². The standard InChI is InChI=1S/C22H22NOP.2ClH.Ti/c1-15-12-13-19(24)20(14-15)25-22-16(2)8-7-11-18(22)21(23-3)17-9-5-4-6-10-17;;;/h4-14,24-25H,1-3H3;2*1H;/q;;;+2/p-2. The fourth-order valence-corrected chi connectivity index (χ4v) is 4.31. The Morgan fingerprint density at radius 2 is 1.64 bits per heavy atom. The Kier molecular flexibility index (Phi) is 9.72. The molecule has 0 aliphatic carbocycles. The van der Waals surface area contributed by atoms with E-state index in [1.54, 1.807) is 6.07 Å². The molecule has 3 aromatic rings. The molecule has 0 bridgehead atoms. The molecule has 0 radical (unpaired) electrons. The molecule has 0 aromatic heterocycles. The molecule has 144 valence electrons. The van der Waals surface area contributed by atoms with Crippen molar-refractivity contribution in [3.05, 3.63) is 89.0 Å². The van der Waals surface area contributed by atoms with Crippen LogP contribution in [0.4, 0.5) is 0 Å². The Hall–Kier alpha value is -1.15. The van der Waals surface area contributed by atoms with Gasteiger partial charge in [-0.3, -0.25) is 4.99 Å². The average Bonchev–Trinajstić information content (AvgIpc) is 2.69. The van der Waals surface area contributed by atoms with Crippen LogP contribution in [-0.2, 0) is 17.0 Å². The number of aliphatic imine (C=N–C) groups is 1. The molecule has 1 unspecified atom stereocenters. The summed E-state index contributed by atoms with van der Waals surface area (Å²) in [6, 6.07) is 22.3. The topological polar surface area (TPSA) is 32.6 Å². The van der Waals surface area contributed by atoms with Gasteiger partial charge in [-0.15, -0.1) is 0 Å². The molecule has 0 heterocycles. The van der Waals surface area contributed by atoms with Crippen molar-refractivity contribution in [3.8, 4) is 5.75 Å². The summed E-state index contributed by atoms with van der Waals surface area (Å²) in [5.41, 5.74) is 5.60. The summed E-state index contributed by atoms with van der Waals surface area (Å²) in [5.74, 6) is 0.354. The zero-order valence-electron chi connectivity index (χ0n) is 16.0. The van der Waals surface area contributed by atoms with E-state index in [9.17, 15) is 5.11 Å². The maximum atomic E-state index is 10.3. The second kappa shape index (κ2) is 11.8. The Morgan fingerprint density at radius 1 is 0.964 bits per heavy atom. The van der Waals surface area contributed by atoms with Gasteiger partial charge in [-0.05, 0) is 36.8 Å². The van der Waals surface area contributed by atoms with E-state index in [0.29, 0.717) is 14.3 Å². The molecule has 3 aromatic carbocycles. The number of halogens is 2. The fraction of sp³-hybridized carbons (Fsp3) is 0.136. The van der Waals surface area contributed by atoms with Crippen molar-refractivity contribution in [1.29, 1.82) is 0 Å². The van der Waals surface area contributed by atoms with Gasteiger partial charge in [0, 0.05) is 23.5 Å². The van der Waals surface area contributed by atoms with Gasteiger partial charge in [-0.25, -0.2) is 0 Å². The molecule has 0 aliphatic heterocycles.